The van der Waals surface area contributed by atoms with Crippen molar-refractivity contribution >= 4 is 17.2 Å². The minimum atomic E-state index is -4.88. The third kappa shape index (κ3) is 4.20. The van der Waals surface area contributed by atoms with Gasteiger partial charge in [0.2, 0.25) is 6.79 Å². The quantitative estimate of drug-likeness (QED) is 0.385. The van der Waals surface area contributed by atoms with Crippen LogP contribution >= 0.6 is 0 Å². The molecule has 0 atom stereocenters. The molecule has 0 radical (unpaired) electrons. The van der Waals surface area contributed by atoms with Crippen molar-refractivity contribution in [2.24, 2.45) is 0 Å². The van der Waals surface area contributed by atoms with Crippen molar-refractivity contribution in [1.82, 2.24) is 14.6 Å². The molecule has 35 heavy (non-hydrogen) atoms. The molecule has 0 aliphatic carbocycles. The van der Waals surface area contributed by atoms with E-state index in [1.165, 1.54) is 24.3 Å². The second kappa shape index (κ2) is 7.89. The van der Waals surface area contributed by atoms with Gasteiger partial charge >= 0.3 is 12.4 Å². The average molecular weight is 494 g/mol. The Morgan fingerprint density at radius 1 is 0.914 bits per heavy atom. The summed E-state index contributed by atoms with van der Waals surface area (Å²) in [4.78, 5) is 16.8. The second-order valence-corrected chi connectivity index (χ2v) is 7.39. The van der Waals surface area contributed by atoms with Crippen LogP contribution in [0.15, 0.2) is 54.6 Å². The lowest BCUT2D eigenvalue weighted by atomic mass is 10.1. The Morgan fingerprint density at radius 3 is 2.40 bits per heavy atom. The zero-order chi connectivity index (χ0) is 25.0. The van der Waals surface area contributed by atoms with E-state index in [-0.39, 0.29) is 23.7 Å². The lowest BCUT2D eigenvalue weighted by Crippen LogP contribution is -2.18. The molecule has 1 aliphatic heterocycles. The van der Waals surface area contributed by atoms with Crippen molar-refractivity contribution < 1.29 is 40.6 Å². The molecular formula is C22H12F6N4O3. The summed E-state index contributed by atoms with van der Waals surface area (Å²) in [5.74, 6) is -0.382. The topological polar surface area (TPSA) is 77.8 Å². The number of carbonyl (C=O) groups is 1. The van der Waals surface area contributed by atoms with Crippen LogP contribution in [0, 0.1) is 0 Å². The van der Waals surface area contributed by atoms with Crippen LogP contribution in [0.1, 0.15) is 21.7 Å². The second-order valence-electron chi connectivity index (χ2n) is 7.39. The molecule has 0 bridgehead atoms. The minimum Gasteiger partial charge on any atom is -0.454 e. The number of amides is 1. The highest BCUT2D eigenvalue weighted by Crippen LogP contribution is 2.38. The van der Waals surface area contributed by atoms with Crippen LogP contribution in [0.2, 0.25) is 0 Å². The molecule has 2 aromatic carbocycles. The Kier molecular flexibility index (Phi) is 5.07. The molecule has 0 unspecified atom stereocenters. The van der Waals surface area contributed by atoms with E-state index in [0.717, 1.165) is 30.3 Å². The van der Waals surface area contributed by atoms with Gasteiger partial charge < -0.3 is 14.8 Å². The molecule has 0 fully saturated rings. The van der Waals surface area contributed by atoms with Gasteiger partial charge in [0.15, 0.2) is 28.5 Å². The maximum absolute atomic E-state index is 13.8. The Labute approximate surface area is 191 Å². The summed E-state index contributed by atoms with van der Waals surface area (Å²) in [6.45, 7) is -0.0301. The number of halogens is 6. The summed E-state index contributed by atoms with van der Waals surface area (Å²) in [6.07, 6.45) is -9.64. The van der Waals surface area contributed by atoms with Crippen LogP contribution in [0.4, 0.5) is 32.0 Å². The molecule has 13 heteroatoms. The summed E-state index contributed by atoms with van der Waals surface area (Å²) < 4.78 is 92.0. The summed E-state index contributed by atoms with van der Waals surface area (Å²) >= 11 is 0. The first kappa shape index (κ1) is 22.5. The van der Waals surface area contributed by atoms with Gasteiger partial charge in [0.05, 0.1) is 16.9 Å². The van der Waals surface area contributed by atoms with Crippen LogP contribution in [0.5, 0.6) is 11.5 Å². The highest BCUT2D eigenvalue weighted by atomic mass is 19.4. The predicted octanol–water partition coefficient (Wildman–Crippen LogP) is 5.41. The standard InChI is InChI=1S/C22H12F6N4O3/c23-21(24,25)12-3-1-2-4-13(12)30-20(33)15-9-19-29-14(8-18(22(26,27)28)32(19)31-15)11-5-6-16-17(7-11)35-10-34-16/h1-9H,10H2,(H,30,33). The van der Waals surface area contributed by atoms with Gasteiger partial charge in [-0.2, -0.15) is 31.4 Å². The van der Waals surface area contributed by atoms with Crippen LogP contribution in [0.3, 0.4) is 0 Å². The van der Waals surface area contributed by atoms with E-state index in [1.54, 1.807) is 0 Å². The summed E-state index contributed by atoms with van der Waals surface area (Å²) in [5, 5.41) is 5.71. The number of alkyl halides is 6. The fourth-order valence-corrected chi connectivity index (χ4v) is 3.52. The van der Waals surface area contributed by atoms with E-state index in [9.17, 15) is 31.1 Å². The van der Waals surface area contributed by atoms with E-state index in [0.29, 0.717) is 16.0 Å². The summed E-state index contributed by atoms with van der Waals surface area (Å²) in [7, 11) is 0. The number of anilines is 1. The fraction of sp³-hybridized carbons (Fsp3) is 0.136. The van der Waals surface area contributed by atoms with E-state index in [2.05, 4.69) is 15.4 Å². The number of nitrogens with one attached hydrogen (secondary N) is 1. The van der Waals surface area contributed by atoms with E-state index in [1.807, 2.05) is 0 Å². The fourth-order valence-electron chi connectivity index (χ4n) is 3.52. The molecular weight excluding hydrogens is 482 g/mol. The van der Waals surface area contributed by atoms with Gasteiger partial charge in [-0.1, -0.05) is 12.1 Å². The van der Waals surface area contributed by atoms with Crippen molar-refractivity contribution in [2.45, 2.75) is 12.4 Å². The first-order chi connectivity index (χ1) is 16.5. The van der Waals surface area contributed by atoms with Crippen molar-refractivity contribution in [2.75, 3.05) is 12.1 Å². The molecule has 5 rings (SSSR count). The number of nitrogens with zero attached hydrogens (tertiary/aromatic N) is 3. The van der Waals surface area contributed by atoms with Gasteiger partial charge in [-0.3, -0.25) is 4.79 Å². The lowest BCUT2D eigenvalue weighted by Gasteiger charge is -2.12. The lowest BCUT2D eigenvalue weighted by molar-refractivity contribution is -0.142. The maximum atomic E-state index is 13.8. The van der Waals surface area contributed by atoms with Crippen LogP contribution in [0.25, 0.3) is 16.9 Å². The maximum Gasteiger partial charge on any atom is 0.433 e. The van der Waals surface area contributed by atoms with Crippen molar-refractivity contribution in [3.8, 4) is 22.8 Å². The van der Waals surface area contributed by atoms with Gasteiger partial charge in [0.25, 0.3) is 5.91 Å². The molecule has 180 valence electrons. The van der Waals surface area contributed by atoms with Gasteiger partial charge in [0.1, 0.15) is 0 Å². The average Bonchev–Trinajstić information content (AvgIpc) is 3.43. The van der Waals surface area contributed by atoms with Gasteiger partial charge in [-0.05, 0) is 36.4 Å². The monoisotopic (exact) mass is 494 g/mol. The Bertz CT molecular complexity index is 1460. The smallest absolute Gasteiger partial charge is 0.433 e. The molecule has 0 saturated carbocycles. The van der Waals surface area contributed by atoms with E-state index < -0.39 is 40.9 Å². The molecule has 3 heterocycles. The Morgan fingerprint density at radius 2 is 1.66 bits per heavy atom. The summed E-state index contributed by atoms with van der Waals surface area (Å²) in [5.41, 5.74) is -3.59. The van der Waals surface area contributed by atoms with Crippen LogP contribution in [-0.2, 0) is 12.4 Å². The third-order valence-electron chi connectivity index (χ3n) is 5.10. The van der Waals surface area contributed by atoms with Gasteiger partial charge in [-0.25, -0.2) is 9.50 Å². The number of aromatic nitrogens is 3. The number of hydrogen-bond acceptors (Lipinski definition) is 5. The number of fused-ring (bicyclic) bond motifs is 2. The van der Waals surface area contributed by atoms with Crippen LogP contribution in [-0.4, -0.2) is 27.3 Å². The number of hydrogen-bond donors (Lipinski definition) is 1. The number of carbonyl (C=O) groups excluding carboxylic acids is 1. The van der Waals surface area contributed by atoms with Crippen molar-refractivity contribution in [1.29, 1.82) is 0 Å². The first-order valence-corrected chi connectivity index (χ1v) is 9.86. The minimum absolute atomic E-state index is 0.0301. The summed E-state index contributed by atoms with van der Waals surface area (Å²) in [6, 6.07) is 10.4. The molecule has 7 nitrogen and oxygen atoms in total. The molecule has 1 N–H and O–H groups in total. The molecule has 2 aromatic heterocycles. The van der Waals surface area contributed by atoms with Gasteiger partial charge in [0, 0.05) is 11.6 Å². The number of ether oxygens (including phenoxy) is 2. The zero-order valence-corrected chi connectivity index (χ0v) is 17.2. The van der Waals surface area contributed by atoms with E-state index >= 15 is 0 Å². The first-order valence-electron chi connectivity index (χ1n) is 9.86. The molecule has 1 aliphatic rings. The molecule has 1 amide bonds. The Balaban J connectivity index is 1.56. The highest BCUT2D eigenvalue weighted by Gasteiger charge is 2.36. The SMILES string of the molecule is O=C(Nc1ccccc1C(F)(F)F)c1cc2nc(-c3ccc4c(c3)OCO4)cc(C(F)(F)F)n2n1. The van der Waals surface area contributed by atoms with Crippen molar-refractivity contribution in [3.05, 3.63) is 71.5 Å². The largest absolute Gasteiger partial charge is 0.454 e. The van der Waals surface area contributed by atoms with Crippen molar-refractivity contribution in [3.63, 3.8) is 0 Å². The zero-order valence-electron chi connectivity index (χ0n) is 17.2. The third-order valence-corrected chi connectivity index (χ3v) is 5.10. The molecule has 0 spiro atoms. The normalized spacial score (nSPS) is 13.3. The molecule has 4 aromatic rings. The van der Waals surface area contributed by atoms with E-state index in [4.69, 9.17) is 9.47 Å². The molecule has 0 saturated heterocycles. The Hall–Kier alpha value is -4.29. The number of benzene rings is 2. The predicted molar refractivity (Wildman–Crippen MR) is 109 cm³/mol. The van der Waals surface area contributed by atoms with Crippen LogP contribution < -0.4 is 14.8 Å². The number of para-hydroxylation sites is 1. The highest BCUT2D eigenvalue weighted by molar-refractivity contribution is 6.04. The van der Waals surface area contributed by atoms with Gasteiger partial charge in [-0.15, -0.1) is 0 Å². The number of rotatable bonds is 3.